The van der Waals surface area contributed by atoms with Crippen molar-refractivity contribution in [1.82, 2.24) is 9.97 Å². The zero-order valence-corrected chi connectivity index (χ0v) is 23.1. The number of aryl methyl sites for hydroxylation is 1. The first-order valence-corrected chi connectivity index (χ1v) is 13.9. The van der Waals surface area contributed by atoms with Crippen LogP contribution in [-0.2, 0) is 24.9 Å². The summed E-state index contributed by atoms with van der Waals surface area (Å²) in [6.45, 7) is 1.93. The zero-order chi connectivity index (χ0) is 27.1. The van der Waals surface area contributed by atoms with Crippen LogP contribution in [0.25, 0.3) is 0 Å². The average Bonchev–Trinajstić information content (AvgIpc) is 2.96. The molecule has 3 aromatic rings. The summed E-state index contributed by atoms with van der Waals surface area (Å²) in [5, 5.41) is 11.9. The number of piperidine rings is 1. The van der Waals surface area contributed by atoms with Crippen LogP contribution >= 0.6 is 11.6 Å². The van der Waals surface area contributed by atoms with Gasteiger partial charge in [-0.2, -0.15) is 0 Å². The monoisotopic (exact) mass is 548 g/mol. The summed E-state index contributed by atoms with van der Waals surface area (Å²) in [4.78, 5) is 28.2. The highest BCUT2D eigenvalue weighted by Gasteiger charge is 2.36. The molecule has 3 aliphatic rings. The quantitative estimate of drug-likeness (QED) is 0.498. The molecule has 6 rings (SSSR count). The lowest BCUT2D eigenvalue weighted by atomic mass is 9.79. The highest BCUT2D eigenvalue weighted by Crippen LogP contribution is 2.37. The number of nitrogens with zero attached hydrogens (tertiary/aromatic N) is 3. The first-order valence-electron chi connectivity index (χ1n) is 13.5. The smallest absolute Gasteiger partial charge is 0.255 e. The van der Waals surface area contributed by atoms with Crippen LogP contribution < -0.4 is 19.9 Å². The van der Waals surface area contributed by atoms with Crippen molar-refractivity contribution in [3.63, 3.8) is 0 Å². The molecule has 1 atom stereocenters. The summed E-state index contributed by atoms with van der Waals surface area (Å²) in [5.74, 6) is 2.15. The normalized spacial score (nSPS) is 20.1. The van der Waals surface area contributed by atoms with Crippen LogP contribution in [0.15, 0.2) is 46.2 Å². The van der Waals surface area contributed by atoms with Crippen LogP contribution in [0.4, 0.5) is 5.95 Å². The molecule has 9 heteroatoms. The van der Waals surface area contributed by atoms with Gasteiger partial charge in [0.15, 0.2) is 11.5 Å². The summed E-state index contributed by atoms with van der Waals surface area (Å²) in [6.07, 6.45) is 4.17. The van der Waals surface area contributed by atoms with E-state index in [1.54, 1.807) is 14.2 Å². The van der Waals surface area contributed by atoms with Crippen molar-refractivity contribution in [2.24, 2.45) is 10.9 Å². The van der Waals surface area contributed by atoms with Gasteiger partial charge in [-0.15, -0.1) is 0 Å². The first kappa shape index (κ1) is 25.9. The van der Waals surface area contributed by atoms with Crippen molar-refractivity contribution in [3.05, 3.63) is 79.7 Å². The van der Waals surface area contributed by atoms with Crippen LogP contribution in [0.3, 0.4) is 0 Å². The van der Waals surface area contributed by atoms with E-state index >= 15 is 0 Å². The van der Waals surface area contributed by atoms with Crippen molar-refractivity contribution in [1.29, 1.82) is 0 Å². The average molecular weight is 549 g/mol. The Morgan fingerprint density at radius 2 is 1.79 bits per heavy atom. The van der Waals surface area contributed by atoms with Gasteiger partial charge in [0.25, 0.3) is 5.56 Å². The molecule has 0 amide bonds. The van der Waals surface area contributed by atoms with Gasteiger partial charge in [0, 0.05) is 47.4 Å². The molecule has 0 radical (unpaired) electrons. The van der Waals surface area contributed by atoms with Gasteiger partial charge in [0.2, 0.25) is 5.95 Å². The summed E-state index contributed by atoms with van der Waals surface area (Å²) in [6, 6.07) is 11.5. The molecule has 2 N–H and O–H groups in total. The van der Waals surface area contributed by atoms with Crippen molar-refractivity contribution >= 4 is 23.3 Å². The number of fused-ring (bicyclic) bond motifs is 2. The minimum atomic E-state index is -0.910. The second-order valence-electron chi connectivity index (χ2n) is 10.7. The van der Waals surface area contributed by atoms with E-state index < -0.39 is 5.60 Å². The number of anilines is 1. The van der Waals surface area contributed by atoms with E-state index in [9.17, 15) is 9.90 Å². The number of aliphatic hydroxyl groups is 1. The molecular formula is C30H33ClN4O4. The minimum absolute atomic E-state index is 0.0813. The highest BCUT2D eigenvalue weighted by atomic mass is 35.5. The number of hydrogen-bond donors (Lipinski definition) is 2. The van der Waals surface area contributed by atoms with Gasteiger partial charge in [-0.3, -0.25) is 14.8 Å². The molecule has 0 saturated carbocycles. The van der Waals surface area contributed by atoms with Gasteiger partial charge in [0.1, 0.15) is 0 Å². The van der Waals surface area contributed by atoms with Crippen LogP contribution in [-0.4, -0.2) is 54.6 Å². The molecule has 204 valence electrons. The van der Waals surface area contributed by atoms with E-state index in [1.165, 1.54) is 5.56 Å². The Hall–Kier alpha value is -3.36. The van der Waals surface area contributed by atoms with Gasteiger partial charge in [-0.25, -0.2) is 4.98 Å². The van der Waals surface area contributed by atoms with Crippen LogP contribution in [0.1, 0.15) is 47.2 Å². The number of hydrogen-bond acceptors (Lipinski definition) is 7. The van der Waals surface area contributed by atoms with Crippen molar-refractivity contribution in [2.75, 3.05) is 38.8 Å². The number of nitrogens with one attached hydrogen (secondary N) is 1. The minimum Gasteiger partial charge on any atom is -0.493 e. The zero-order valence-electron chi connectivity index (χ0n) is 22.3. The Bertz CT molecular complexity index is 1480. The molecule has 2 aromatic carbocycles. The van der Waals surface area contributed by atoms with Gasteiger partial charge < -0.3 is 19.5 Å². The number of aliphatic imine (C=N–C) groups is 1. The van der Waals surface area contributed by atoms with Gasteiger partial charge >= 0.3 is 0 Å². The fraction of sp³-hybridized carbons (Fsp3) is 0.433. The molecular weight excluding hydrogens is 516 g/mol. The molecule has 2 aliphatic heterocycles. The number of aromatic nitrogens is 2. The van der Waals surface area contributed by atoms with E-state index in [0.29, 0.717) is 49.1 Å². The number of H-pyrrole nitrogens is 1. The van der Waals surface area contributed by atoms with E-state index in [4.69, 9.17) is 31.1 Å². The maximum absolute atomic E-state index is 13.3. The molecule has 0 spiro atoms. The fourth-order valence-electron chi connectivity index (χ4n) is 6.23. The number of rotatable bonds is 5. The summed E-state index contributed by atoms with van der Waals surface area (Å²) < 4.78 is 11.1. The molecule has 1 saturated heterocycles. The van der Waals surface area contributed by atoms with Crippen molar-refractivity contribution in [2.45, 2.75) is 44.1 Å². The Labute approximate surface area is 232 Å². The molecule has 39 heavy (non-hydrogen) atoms. The first-order chi connectivity index (χ1) is 18.9. The van der Waals surface area contributed by atoms with E-state index in [-0.39, 0.29) is 11.5 Å². The van der Waals surface area contributed by atoms with Gasteiger partial charge in [0.05, 0.1) is 25.5 Å². The highest BCUT2D eigenvalue weighted by molar-refractivity contribution is 6.30. The number of halogens is 1. The van der Waals surface area contributed by atoms with Crippen LogP contribution in [0.5, 0.6) is 11.5 Å². The van der Waals surface area contributed by atoms with E-state index in [0.717, 1.165) is 59.7 Å². The second-order valence-corrected chi connectivity index (χ2v) is 11.1. The van der Waals surface area contributed by atoms with Gasteiger partial charge in [-0.05, 0) is 73.9 Å². The third kappa shape index (κ3) is 4.80. The fourth-order valence-corrected chi connectivity index (χ4v) is 6.35. The predicted molar refractivity (Wildman–Crippen MR) is 152 cm³/mol. The van der Waals surface area contributed by atoms with E-state index in [1.807, 2.05) is 36.4 Å². The summed E-state index contributed by atoms with van der Waals surface area (Å²) in [7, 11) is 3.29. The molecule has 1 fully saturated rings. The van der Waals surface area contributed by atoms with E-state index in [2.05, 4.69) is 9.88 Å². The van der Waals surface area contributed by atoms with Gasteiger partial charge in [-0.1, -0.05) is 23.7 Å². The molecule has 0 bridgehead atoms. The number of aromatic amines is 1. The lowest BCUT2D eigenvalue weighted by Crippen LogP contribution is -2.44. The standard InChI is InChI=1S/C30H33ClN4O4/c1-38-25-16-18-9-12-32-27(22(18)17-26(25)39-2)19-3-8-24-23(15-19)28(36)34-29(33-24)35-13-10-30(37,11-14-35)20-4-6-21(31)7-5-20/h4-7,16-17,19,37H,3,8-15H2,1-2H3,(H,33,34,36). The molecule has 8 nitrogen and oxygen atoms in total. The molecule has 1 aromatic heterocycles. The Morgan fingerprint density at radius 3 is 2.51 bits per heavy atom. The second kappa shape index (κ2) is 10.3. The molecule has 1 unspecified atom stereocenters. The predicted octanol–water partition coefficient (Wildman–Crippen LogP) is 4.08. The maximum atomic E-state index is 13.3. The number of benzene rings is 2. The molecule has 1 aliphatic carbocycles. The largest absolute Gasteiger partial charge is 0.493 e. The Balaban J connectivity index is 1.20. The Morgan fingerprint density at radius 1 is 1.08 bits per heavy atom. The van der Waals surface area contributed by atoms with Crippen molar-refractivity contribution in [3.8, 4) is 11.5 Å². The lowest BCUT2D eigenvalue weighted by Gasteiger charge is -2.39. The molecule has 3 heterocycles. The summed E-state index contributed by atoms with van der Waals surface area (Å²) in [5.41, 5.74) is 4.84. The maximum Gasteiger partial charge on any atom is 0.255 e. The number of ether oxygens (including phenoxy) is 2. The third-order valence-electron chi connectivity index (χ3n) is 8.48. The SMILES string of the molecule is COc1cc2c(cc1OC)C(C1CCc3nc(N4CCC(O)(c5ccc(Cl)cc5)CC4)[nH]c(=O)c3C1)=NCC2. The van der Waals surface area contributed by atoms with Crippen LogP contribution in [0, 0.1) is 5.92 Å². The lowest BCUT2D eigenvalue weighted by molar-refractivity contribution is 0.0115. The topological polar surface area (TPSA) is 100 Å². The third-order valence-corrected chi connectivity index (χ3v) is 8.73. The summed E-state index contributed by atoms with van der Waals surface area (Å²) >= 11 is 6.02. The Kier molecular flexibility index (Phi) is 6.85. The van der Waals surface area contributed by atoms with Crippen LogP contribution in [0.2, 0.25) is 5.02 Å². The van der Waals surface area contributed by atoms with Crippen molar-refractivity contribution < 1.29 is 14.6 Å². The number of methoxy groups -OCH3 is 2.